The highest BCUT2D eigenvalue weighted by molar-refractivity contribution is 9.10. The molecule has 1 N–H and O–H groups in total. The van der Waals surface area contributed by atoms with Crippen LogP contribution in [0.4, 0.5) is 28.4 Å². The van der Waals surface area contributed by atoms with E-state index in [-0.39, 0.29) is 10.8 Å². The molecule has 24 aromatic rings. The molecule has 2 aliphatic carbocycles. The van der Waals surface area contributed by atoms with Crippen LogP contribution < -0.4 is 10.2 Å². The van der Waals surface area contributed by atoms with Gasteiger partial charge in [-0.2, -0.15) is 0 Å². The first-order valence-electron chi connectivity index (χ1n) is 43.0. The normalized spacial score (nSPS) is 13.0. The van der Waals surface area contributed by atoms with Gasteiger partial charge in [0.25, 0.3) is 0 Å². The lowest BCUT2D eigenvalue weighted by molar-refractivity contribution is 0.660. The van der Waals surface area contributed by atoms with E-state index in [0.717, 1.165) is 82.5 Å². The van der Waals surface area contributed by atoms with Gasteiger partial charge in [0.15, 0.2) is 0 Å². The lowest BCUT2D eigenvalue weighted by Gasteiger charge is -2.28. The van der Waals surface area contributed by atoms with Crippen molar-refractivity contribution in [2.24, 2.45) is 0 Å². The first-order chi connectivity index (χ1) is 61.4. The van der Waals surface area contributed by atoms with Gasteiger partial charge in [0.1, 0.15) is 22.3 Å². The quantitative estimate of drug-likeness (QED) is 0.156. The molecule has 7 heteroatoms. The summed E-state index contributed by atoms with van der Waals surface area (Å²) < 4.78 is 18.2. The monoisotopic (exact) mass is 1660 g/mol. The van der Waals surface area contributed by atoms with E-state index in [0.29, 0.717) is 0 Å². The third-order valence-electron chi connectivity index (χ3n) is 26.7. The average molecular weight is 1670 g/mol. The Morgan fingerprint density at radius 3 is 1.03 bits per heavy atom. The second kappa shape index (κ2) is 29.0. The Kier molecular flexibility index (Phi) is 17.1. The van der Waals surface area contributed by atoms with E-state index in [9.17, 15) is 0 Å². The average Bonchev–Trinajstić information content (AvgIpc) is 1.57. The van der Waals surface area contributed by atoms with E-state index in [1.807, 2.05) is 30.3 Å². The van der Waals surface area contributed by atoms with E-state index >= 15 is 0 Å². The summed E-state index contributed by atoms with van der Waals surface area (Å²) in [6, 6.07) is 149. The van der Waals surface area contributed by atoms with Crippen LogP contribution in [-0.4, -0.2) is 9.13 Å². The molecule has 0 aliphatic heterocycles. The molecule has 0 amide bonds. The predicted octanol–water partition coefficient (Wildman–Crippen LogP) is 33.6. The fraction of sp³-hybridized carbons (Fsp3) is 0.0508. The van der Waals surface area contributed by atoms with Crippen molar-refractivity contribution >= 4 is 175 Å². The van der Waals surface area contributed by atoms with E-state index in [2.05, 4.69) is 445 Å². The zero-order valence-corrected chi connectivity index (χ0v) is 70.9. The Morgan fingerprint density at radius 1 is 0.248 bits per heavy atom. The number of halogens is 1. The maximum absolute atomic E-state index is 6.28. The van der Waals surface area contributed by atoms with Gasteiger partial charge >= 0.3 is 0 Å². The second-order valence-corrected chi connectivity index (χ2v) is 35.3. The molecule has 0 bridgehead atoms. The van der Waals surface area contributed by atoms with Crippen molar-refractivity contribution in [3.05, 3.63) is 439 Å². The zero-order valence-electron chi connectivity index (χ0n) is 69.3. The molecule has 125 heavy (non-hydrogen) atoms. The molecule has 0 fully saturated rings. The number of benzene rings is 20. The van der Waals surface area contributed by atoms with Crippen molar-refractivity contribution in [1.82, 2.24) is 9.13 Å². The van der Waals surface area contributed by atoms with Crippen LogP contribution in [0.2, 0.25) is 0 Å². The van der Waals surface area contributed by atoms with Gasteiger partial charge in [-0.3, -0.25) is 0 Å². The number of aromatic nitrogens is 2. The number of anilines is 5. The summed E-state index contributed by atoms with van der Waals surface area (Å²) in [6.07, 6.45) is 0. The van der Waals surface area contributed by atoms with Crippen LogP contribution in [0.5, 0.6) is 0 Å². The predicted molar refractivity (Wildman–Crippen MR) is 531 cm³/mol. The van der Waals surface area contributed by atoms with Crippen LogP contribution in [0.1, 0.15) is 49.9 Å². The molecule has 592 valence electrons. The van der Waals surface area contributed by atoms with Gasteiger partial charge in [0, 0.05) is 98.2 Å². The number of hydrogen-bond donors (Lipinski definition) is 1. The summed E-state index contributed by atoms with van der Waals surface area (Å²) >= 11 is 3.53. The zero-order chi connectivity index (χ0) is 83.3. The summed E-state index contributed by atoms with van der Waals surface area (Å²) in [5.74, 6) is 0. The third kappa shape index (κ3) is 12.0. The molecular weight excluding hydrogens is 1590 g/mol. The first-order valence-corrected chi connectivity index (χ1v) is 43.8. The summed E-state index contributed by atoms with van der Waals surface area (Å²) in [5, 5.41) is 23.6. The number of hydrogen-bond acceptors (Lipinski definition) is 4. The second-order valence-electron chi connectivity index (χ2n) is 34.4. The molecule has 0 radical (unpaired) electrons. The van der Waals surface area contributed by atoms with Crippen LogP contribution in [0.25, 0.3) is 186 Å². The lowest BCUT2D eigenvalue weighted by atomic mass is 9.82. The minimum atomic E-state index is -0.116. The highest BCUT2D eigenvalue weighted by atomic mass is 79.9. The maximum Gasteiger partial charge on any atom is 0.135 e. The molecule has 0 spiro atoms. The summed E-state index contributed by atoms with van der Waals surface area (Å²) in [5.41, 5.74) is 31.8. The van der Waals surface area contributed by atoms with Crippen molar-refractivity contribution in [2.75, 3.05) is 10.2 Å². The molecule has 4 heterocycles. The Bertz CT molecular complexity index is 8330. The van der Waals surface area contributed by atoms with Gasteiger partial charge in [-0.1, -0.05) is 311 Å². The minimum absolute atomic E-state index is 0.00827. The van der Waals surface area contributed by atoms with Crippen molar-refractivity contribution < 1.29 is 8.83 Å². The fourth-order valence-corrected chi connectivity index (χ4v) is 20.9. The molecule has 20 aromatic carbocycles. The number of nitrogens with zero attached hydrogens (tertiary/aromatic N) is 3. The highest BCUT2D eigenvalue weighted by Crippen LogP contribution is 2.54. The standard InChI is InChI=1S/C59H40N2O.C32H20BrN.C27H21NO/c1-59(2)51-17-9-7-15-47(51)48-31-29-44(36-52(48)59)60(43-30-34-56-50(35-43)49-16-8-10-18-55(49)62-56)41-25-19-37(20-26-41)38-21-27-42(28-22-38)61-53-32-23-39-11-3-5-13-45(39)57(53)58-46-14-6-4-12-40(46)24-33-54(58)61;33-25-15-9-21(10-16-25)22-11-17-26(18-12-22)34-29-19-13-23-5-1-3-7-27(23)31(29)32-28-8-4-2-6-24(28)14-20-30(32)34;1-27(2)23-9-5-3-7-19(23)20-13-11-18(16-24(20)27)28-17-12-14-26-22(15-17)21-8-4-6-10-25(21)29-26/h3-36H,1-2H3;1-20H;3-16,28H,1-2H3. The largest absolute Gasteiger partial charge is 0.456 e. The Morgan fingerprint density at radius 2 is 0.568 bits per heavy atom. The van der Waals surface area contributed by atoms with Crippen LogP contribution in [0, 0.1) is 0 Å². The number of furan rings is 2. The lowest BCUT2D eigenvalue weighted by Crippen LogP contribution is -2.16. The minimum Gasteiger partial charge on any atom is -0.456 e. The van der Waals surface area contributed by atoms with E-state index in [4.69, 9.17) is 8.83 Å². The Balaban J connectivity index is 0.000000117. The van der Waals surface area contributed by atoms with E-state index in [1.165, 1.54) is 159 Å². The highest BCUT2D eigenvalue weighted by Gasteiger charge is 2.37. The maximum atomic E-state index is 6.28. The smallest absolute Gasteiger partial charge is 0.135 e. The van der Waals surface area contributed by atoms with Crippen LogP contribution in [-0.2, 0) is 10.8 Å². The fourth-order valence-electron chi connectivity index (χ4n) is 20.6. The van der Waals surface area contributed by atoms with Crippen LogP contribution in [0.3, 0.4) is 0 Å². The Labute approximate surface area is 731 Å². The van der Waals surface area contributed by atoms with Gasteiger partial charge in [-0.25, -0.2) is 0 Å². The summed E-state index contributed by atoms with van der Waals surface area (Å²) in [6.45, 7) is 9.32. The number of para-hydroxylation sites is 2. The molecule has 2 aliphatic rings. The number of nitrogens with one attached hydrogen (secondary N) is 1. The third-order valence-corrected chi connectivity index (χ3v) is 27.2. The molecule has 0 unspecified atom stereocenters. The van der Waals surface area contributed by atoms with Crippen molar-refractivity contribution in [3.63, 3.8) is 0 Å². The van der Waals surface area contributed by atoms with E-state index < -0.39 is 0 Å². The van der Waals surface area contributed by atoms with Gasteiger partial charge < -0.3 is 28.2 Å². The van der Waals surface area contributed by atoms with Crippen molar-refractivity contribution in [3.8, 4) is 55.9 Å². The van der Waals surface area contributed by atoms with Crippen molar-refractivity contribution in [2.45, 2.75) is 38.5 Å². The van der Waals surface area contributed by atoms with Gasteiger partial charge in [0.05, 0.1) is 22.1 Å². The molecular formula is C118H81BrN4O2. The molecule has 0 atom stereocenters. The van der Waals surface area contributed by atoms with Gasteiger partial charge in [0.2, 0.25) is 0 Å². The Hall–Kier alpha value is -15.3. The molecule has 0 saturated carbocycles. The molecule has 26 rings (SSSR count). The van der Waals surface area contributed by atoms with Gasteiger partial charge in [-0.15, -0.1) is 0 Å². The summed E-state index contributed by atoms with van der Waals surface area (Å²) in [7, 11) is 0. The van der Waals surface area contributed by atoms with E-state index in [1.54, 1.807) is 0 Å². The SMILES string of the molecule is Brc1ccc(-c2ccc(-n3c4ccc5ccccc5c4c4c5ccccc5ccc43)cc2)cc1.CC1(C)c2ccccc2-c2ccc(N(c3ccc(-c4ccc(-n5c6ccc7ccccc7c6c6c7ccccc7ccc65)cc4)cc3)c3ccc4oc5ccccc5c4c3)cc21.CC1(C)c2ccccc2-c2ccc(Nc3ccc4oc5ccccc5c4c3)cc21. The summed E-state index contributed by atoms with van der Waals surface area (Å²) in [4.78, 5) is 2.39. The van der Waals surface area contributed by atoms with Crippen LogP contribution in [0.15, 0.2) is 426 Å². The number of fused-ring (bicyclic) bond motifs is 26. The number of rotatable bonds is 9. The molecule has 4 aromatic heterocycles. The molecule has 0 saturated heterocycles. The topological polar surface area (TPSA) is 51.4 Å². The molecule has 6 nitrogen and oxygen atoms in total. The first kappa shape index (κ1) is 73.6. The van der Waals surface area contributed by atoms with Crippen molar-refractivity contribution in [1.29, 1.82) is 0 Å². The van der Waals surface area contributed by atoms with Gasteiger partial charge in [-0.05, 0) is 255 Å². The van der Waals surface area contributed by atoms with Crippen LogP contribution >= 0.6 is 15.9 Å².